The predicted octanol–water partition coefficient (Wildman–Crippen LogP) is 1.28. The van der Waals surface area contributed by atoms with E-state index in [0.29, 0.717) is 13.0 Å². The van der Waals surface area contributed by atoms with Gasteiger partial charge in [-0.05, 0) is 19.3 Å². The van der Waals surface area contributed by atoms with E-state index < -0.39 is 5.97 Å². The van der Waals surface area contributed by atoms with Gasteiger partial charge in [0.25, 0.3) is 0 Å². The number of allylic oxidation sites excluding steroid dienone is 2. The zero-order chi connectivity index (χ0) is 11.3. The Kier molecular flexibility index (Phi) is 4.34. The van der Waals surface area contributed by atoms with Gasteiger partial charge < -0.3 is 10.0 Å². The summed E-state index contributed by atoms with van der Waals surface area (Å²) in [6, 6.07) is 0. The number of nitrogens with zero attached hydrogens (tertiary/aromatic N) is 1. The number of hydrogen-bond donors (Lipinski definition) is 1. The van der Waals surface area contributed by atoms with Crippen molar-refractivity contribution in [3.05, 3.63) is 12.2 Å². The first-order chi connectivity index (χ1) is 7.11. The van der Waals surface area contributed by atoms with Crippen LogP contribution in [0.5, 0.6) is 0 Å². The van der Waals surface area contributed by atoms with E-state index in [2.05, 4.69) is 0 Å². The van der Waals surface area contributed by atoms with Crippen LogP contribution in [0.15, 0.2) is 12.2 Å². The average Bonchev–Trinajstić information content (AvgIpc) is 2.68. The van der Waals surface area contributed by atoms with Crippen LogP contribution in [-0.2, 0) is 9.59 Å². The van der Waals surface area contributed by atoms with Gasteiger partial charge in [-0.15, -0.1) is 0 Å². The SMILES string of the molecule is CN(CCCC(=O)O)C(=O)C1CC=CC1. The minimum atomic E-state index is -0.807. The molecule has 1 aliphatic rings. The predicted molar refractivity (Wildman–Crippen MR) is 56.4 cm³/mol. The summed E-state index contributed by atoms with van der Waals surface area (Å²) in [6.45, 7) is 0.529. The third kappa shape index (κ3) is 3.73. The highest BCUT2D eigenvalue weighted by Crippen LogP contribution is 2.19. The van der Waals surface area contributed by atoms with Crippen molar-refractivity contribution in [2.75, 3.05) is 13.6 Å². The fraction of sp³-hybridized carbons (Fsp3) is 0.636. The number of carbonyl (C=O) groups is 2. The number of aliphatic carboxylic acids is 1. The fourth-order valence-corrected chi connectivity index (χ4v) is 1.71. The van der Waals surface area contributed by atoms with Gasteiger partial charge in [-0.1, -0.05) is 12.2 Å². The third-order valence-electron chi connectivity index (χ3n) is 2.62. The van der Waals surface area contributed by atoms with Crippen molar-refractivity contribution in [1.82, 2.24) is 4.90 Å². The lowest BCUT2D eigenvalue weighted by Gasteiger charge is -2.20. The molecule has 0 aliphatic heterocycles. The van der Waals surface area contributed by atoms with Gasteiger partial charge >= 0.3 is 5.97 Å². The van der Waals surface area contributed by atoms with Crippen LogP contribution in [0.2, 0.25) is 0 Å². The standard InChI is InChI=1S/C11H17NO3/c1-12(8-4-7-10(13)14)11(15)9-5-2-3-6-9/h2-3,9H,4-8H2,1H3,(H,13,14). The highest BCUT2D eigenvalue weighted by Gasteiger charge is 2.22. The second kappa shape index (κ2) is 5.53. The molecule has 84 valence electrons. The molecule has 0 heterocycles. The summed E-state index contributed by atoms with van der Waals surface area (Å²) in [5, 5.41) is 8.46. The van der Waals surface area contributed by atoms with Crippen LogP contribution in [0.25, 0.3) is 0 Å². The van der Waals surface area contributed by atoms with E-state index in [0.717, 1.165) is 12.8 Å². The van der Waals surface area contributed by atoms with Crippen LogP contribution >= 0.6 is 0 Å². The van der Waals surface area contributed by atoms with Crippen molar-refractivity contribution in [2.24, 2.45) is 5.92 Å². The number of carbonyl (C=O) groups excluding carboxylic acids is 1. The van der Waals surface area contributed by atoms with Crippen molar-refractivity contribution in [1.29, 1.82) is 0 Å². The highest BCUT2D eigenvalue weighted by atomic mass is 16.4. The van der Waals surface area contributed by atoms with Crippen LogP contribution in [0, 0.1) is 5.92 Å². The summed E-state index contributed by atoms with van der Waals surface area (Å²) in [5.41, 5.74) is 0. The maximum Gasteiger partial charge on any atom is 0.303 e. The van der Waals surface area contributed by atoms with Crippen LogP contribution in [0.3, 0.4) is 0 Å². The molecule has 0 saturated heterocycles. The summed E-state index contributed by atoms with van der Waals surface area (Å²) in [5.74, 6) is -0.594. The normalized spacial score (nSPS) is 15.5. The van der Waals surface area contributed by atoms with E-state index in [4.69, 9.17) is 5.11 Å². The lowest BCUT2D eigenvalue weighted by Crippen LogP contribution is -2.32. The van der Waals surface area contributed by atoms with Gasteiger partial charge in [0.15, 0.2) is 0 Å². The van der Waals surface area contributed by atoms with E-state index in [1.54, 1.807) is 11.9 Å². The van der Waals surface area contributed by atoms with E-state index in [1.165, 1.54) is 0 Å². The number of rotatable bonds is 5. The quantitative estimate of drug-likeness (QED) is 0.697. The zero-order valence-corrected chi connectivity index (χ0v) is 8.98. The first-order valence-electron chi connectivity index (χ1n) is 5.23. The summed E-state index contributed by atoms with van der Waals surface area (Å²) in [4.78, 5) is 23.7. The van der Waals surface area contributed by atoms with Crippen LogP contribution in [0.4, 0.5) is 0 Å². The minimum Gasteiger partial charge on any atom is -0.481 e. The summed E-state index contributed by atoms with van der Waals surface area (Å²) in [7, 11) is 1.74. The molecule has 0 aromatic rings. The van der Waals surface area contributed by atoms with Crippen molar-refractivity contribution in [3.63, 3.8) is 0 Å². The van der Waals surface area contributed by atoms with E-state index >= 15 is 0 Å². The second-order valence-electron chi connectivity index (χ2n) is 3.90. The van der Waals surface area contributed by atoms with Gasteiger partial charge in [-0.3, -0.25) is 9.59 Å². The third-order valence-corrected chi connectivity index (χ3v) is 2.62. The van der Waals surface area contributed by atoms with Gasteiger partial charge in [0.2, 0.25) is 5.91 Å². The molecule has 0 atom stereocenters. The van der Waals surface area contributed by atoms with E-state index in [9.17, 15) is 9.59 Å². The van der Waals surface area contributed by atoms with Crippen LogP contribution in [0.1, 0.15) is 25.7 Å². The molecule has 1 rings (SSSR count). The van der Waals surface area contributed by atoms with Crippen molar-refractivity contribution in [2.45, 2.75) is 25.7 Å². The lowest BCUT2D eigenvalue weighted by atomic mass is 10.1. The summed E-state index contributed by atoms with van der Waals surface area (Å²) in [6.07, 6.45) is 6.34. The molecule has 0 aromatic heterocycles. The maximum atomic E-state index is 11.8. The summed E-state index contributed by atoms with van der Waals surface area (Å²) < 4.78 is 0. The number of carboxylic acid groups (broad SMARTS) is 1. The monoisotopic (exact) mass is 211 g/mol. The van der Waals surface area contributed by atoms with Crippen LogP contribution in [-0.4, -0.2) is 35.5 Å². The molecule has 1 N–H and O–H groups in total. The Morgan fingerprint density at radius 3 is 2.53 bits per heavy atom. The molecule has 0 radical (unpaired) electrons. The number of amides is 1. The molecule has 4 nitrogen and oxygen atoms in total. The molecule has 1 amide bonds. The van der Waals surface area contributed by atoms with Crippen molar-refractivity contribution < 1.29 is 14.7 Å². The van der Waals surface area contributed by atoms with Gasteiger partial charge in [0, 0.05) is 25.9 Å². The van der Waals surface area contributed by atoms with Gasteiger partial charge in [0.05, 0.1) is 0 Å². The van der Waals surface area contributed by atoms with Gasteiger partial charge in [-0.25, -0.2) is 0 Å². The molecular formula is C11H17NO3. The van der Waals surface area contributed by atoms with Crippen molar-refractivity contribution in [3.8, 4) is 0 Å². The minimum absolute atomic E-state index is 0.0832. The molecule has 0 unspecified atom stereocenters. The Morgan fingerprint density at radius 2 is 2.00 bits per heavy atom. The van der Waals surface area contributed by atoms with E-state index in [-0.39, 0.29) is 18.2 Å². The largest absolute Gasteiger partial charge is 0.481 e. The molecule has 1 aliphatic carbocycles. The molecule has 0 saturated carbocycles. The lowest BCUT2D eigenvalue weighted by molar-refractivity contribution is -0.138. The van der Waals surface area contributed by atoms with Gasteiger partial charge in [-0.2, -0.15) is 0 Å². The Labute approximate surface area is 89.6 Å². The van der Waals surface area contributed by atoms with Crippen molar-refractivity contribution >= 4 is 11.9 Å². The Balaban J connectivity index is 2.23. The molecular weight excluding hydrogens is 194 g/mol. The Bertz CT molecular complexity index is 265. The molecule has 0 bridgehead atoms. The number of carboxylic acids is 1. The summed E-state index contributed by atoms with van der Waals surface area (Å²) >= 11 is 0. The smallest absolute Gasteiger partial charge is 0.303 e. The second-order valence-corrected chi connectivity index (χ2v) is 3.90. The fourth-order valence-electron chi connectivity index (χ4n) is 1.71. The van der Waals surface area contributed by atoms with Crippen LogP contribution < -0.4 is 0 Å². The number of hydrogen-bond acceptors (Lipinski definition) is 2. The Hall–Kier alpha value is -1.32. The first-order valence-corrected chi connectivity index (χ1v) is 5.23. The molecule has 15 heavy (non-hydrogen) atoms. The molecule has 0 spiro atoms. The molecule has 0 aromatic carbocycles. The zero-order valence-electron chi connectivity index (χ0n) is 8.98. The maximum absolute atomic E-state index is 11.8. The topological polar surface area (TPSA) is 57.6 Å². The molecule has 0 fully saturated rings. The van der Waals surface area contributed by atoms with E-state index in [1.807, 2.05) is 12.2 Å². The average molecular weight is 211 g/mol. The molecule has 4 heteroatoms. The highest BCUT2D eigenvalue weighted by molar-refractivity contribution is 5.79. The first kappa shape index (κ1) is 11.8. The Morgan fingerprint density at radius 1 is 1.40 bits per heavy atom. The van der Waals surface area contributed by atoms with Gasteiger partial charge in [0.1, 0.15) is 0 Å².